The molecule has 0 amide bonds. The summed E-state index contributed by atoms with van der Waals surface area (Å²) < 4.78 is 32.4. The van der Waals surface area contributed by atoms with Crippen molar-refractivity contribution in [3.63, 3.8) is 0 Å². The average Bonchev–Trinajstić information content (AvgIpc) is 3.27. The molecule has 2 rings (SSSR count). The highest BCUT2D eigenvalue weighted by molar-refractivity contribution is 7.57. The van der Waals surface area contributed by atoms with E-state index in [0.29, 0.717) is 25.0 Å². The van der Waals surface area contributed by atoms with Crippen molar-refractivity contribution in [1.29, 1.82) is 0 Å². The van der Waals surface area contributed by atoms with Gasteiger partial charge in [0.25, 0.3) is 0 Å². The highest BCUT2D eigenvalue weighted by Gasteiger charge is 2.30. The molecule has 0 aromatic heterocycles. The van der Waals surface area contributed by atoms with Crippen LogP contribution in [-0.4, -0.2) is 55.6 Å². The molecular weight excluding hydrogens is 316 g/mol. The minimum Gasteiger partial charge on any atom is -0.328 e. The summed E-state index contributed by atoms with van der Waals surface area (Å²) in [6, 6.07) is 0. The van der Waals surface area contributed by atoms with Crippen molar-refractivity contribution in [2.45, 2.75) is 12.8 Å². The van der Waals surface area contributed by atoms with Gasteiger partial charge in [0, 0.05) is 38.5 Å². The zero-order valence-corrected chi connectivity index (χ0v) is 15.6. The summed E-state index contributed by atoms with van der Waals surface area (Å²) in [5, 5.41) is 0. The molecule has 2 aliphatic carbocycles. The highest BCUT2D eigenvalue weighted by Crippen LogP contribution is 2.44. The van der Waals surface area contributed by atoms with E-state index in [9.17, 15) is 9.13 Å². The lowest BCUT2D eigenvalue weighted by Gasteiger charge is -2.05. The first-order chi connectivity index (χ1) is 10.1. The maximum Gasteiger partial charge on any atom is 0.197 e. The normalized spacial score (nSPS) is 27.5. The van der Waals surface area contributed by atoms with Crippen LogP contribution in [0.2, 0.25) is 0 Å². The Labute approximate surface area is 136 Å². The summed E-state index contributed by atoms with van der Waals surface area (Å²) in [4.78, 5) is 0. The SMILES string of the molecule is [B]/C=C1/CC1COP(C)(C)=O.[B]/C=C1\CC1COP(C)(C)=O. The van der Waals surface area contributed by atoms with Crippen molar-refractivity contribution in [3.8, 4) is 0 Å². The van der Waals surface area contributed by atoms with Gasteiger partial charge in [-0.2, -0.15) is 0 Å². The molecule has 0 aromatic rings. The summed E-state index contributed by atoms with van der Waals surface area (Å²) >= 11 is 0. The smallest absolute Gasteiger partial charge is 0.197 e. The Morgan fingerprint density at radius 2 is 1.23 bits per heavy atom. The topological polar surface area (TPSA) is 52.6 Å². The van der Waals surface area contributed by atoms with E-state index < -0.39 is 14.7 Å². The van der Waals surface area contributed by atoms with Crippen molar-refractivity contribution < 1.29 is 18.2 Å². The zero-order valence-electron chi connectivity index (χ0n) is 13.8. The second-order valence-corrected chi connectivity index (χ2v) is 11.9. The van der Waals surface area contributed by atoms with Crippen molar-refractivity contribution in [3.05, 3.63) is 23.1 Å². The Balaban J connectivity index is 0.000000220. The molecule has 0 saturated heterocycles. The summed E-state index contributed by atoms with van der Waals surface area (Å²) in [7, 11) is 5.98. The van der Waals surface area contributed by atoms with Crippen molar-refractivity contribution in [2.24, 2.45) is 11.8 Å². The lowest BCUT2D eigenvalue weighted by Crippen LogP contribution is -1.92. The second-order valence-electron chi connectivity index (χ2n) is 6.38. The van der Waals surface area contributed by atoms with Crippen LogP contribution in [0.25, 0.3) is 0 Å². The van der Waals surface area contributed by atoms with Gasteiger partial charge in [0.05, 0.1) is 13.2 Å². The number of rotatable bonds is 6. The molecule has 4 nitrogen and oxygen atoms in total. The van der Waals surface area contributed by atoms with Crippen LogP contribution < -0.4 is 0 Å². The minimum atomic E-state index is -2.28. The van der Waals surface area contributed by atoms with E-state index >= 15 is 0 Å². The van der Waals surface area contributed by atoms with E-state index in [-0.39, 0.29) is 0 Å². The molecule has 2 unspecified atom stereocenters. The molecule has 0 aromatic carbocycles. The lowest BCUT2D eigenvalue weighted by molar-refractivity contribution is 0.307. The van der Waals surface area contributed by atoms with Crippen LogP contribution in [0.4, 0.5) is 0 Å². The highest BCUT2D eigenvalue weighted by atomic mass is 31.2. The molecule has 2 saturated carbocycles. The Hall–Kier alpha value is -0.0101. The van der Waals surface area contributed by atoms with Gasteiger partial charge < -0.3 is 9.05 Å². The molecule has 2 fully saturated rings. The fourth-order valence-electron chi connectivity index (χ4n) is 1.73. The van der Waals surface area contributed by atoms with Crippen molar-refractivity contribution in [1.82, 2.24) is 0 Å². The molecular formula is C14H24B2O4P2. The van der Waals surface area contributed by atoms with Crippen LogP contribution in [0, 0.1) is 11.8 Å². The Kier molecular flexibility index (Phi) is 7.46. The molecule has 8 heteroatoms. The van der Waals surface area contributed by atoms with Gasteiger partial charge >= 0.3 is 0 Å². The predicted molar refractivity (Wildman–Crippen MR) is 94.7 cm³/mol. The first kappa shape index (κ1) is 20.0. The van der Waals surface area contributed by atoms with Gasteiger partial charge in [-0.1, -0.05) is 11.1 Å². The largest absolute Gasteiger partial charge is 0.328 e. The first-order valence-corrected chi connectivity index (χ1v) is 12.3. The van der Waals surface area contributed by atoms with Crippen LogP contribution in [0.3, 0.4) is 0 Å². The minimum absolute atomic E-state index is 0.438. The van der Waals surface area contributed by atoms with Crippen molar-refractivity contribution in [2.75, 3.05) is 39.9 Å². The van der Waals surface area contributed by atoms with E-state index in [0.717, 1.165) is 12.8 Å². The fourth-order valence-corrected chi connectivity index (χ4v) is 2.81. The van der Waals surface area contributed by atoms with E-state index in [1.54, 1.807) is 38.6 Å². The number of hydrogen-bond donors (Lipinski definition) is 0. The zero-order chi connectivity index (χ0) is 17.0. The molecule has 22 heavy (non-hydrogen) atoms. The molecule has 0 heterocycles. The third-order valence-electron chi connectivity index (χ3n) is 3.29. The van der Waals surface area contributed by atoms with Gasteiger partial charge in [-0.3, -0.25) is 9.13 Å². The standard InChI is InChI=1S/2C7H12BO2P/c2*1-11(2,9)10-5-7-3-6(7)4-8/h2*4,7H,3,5H2,1-2H3/b6-4+;6-4-. The third kappa shape index (κ3) is 9.20. The van der Waals surface area contributed by atoms with Gasteiger partial charge in [-0.05, 0) is 12.8 Å². The maximum atomic E-state index is 11.1. The fraction of sp³-hybridized carbons (Fsp3) is 0.714. The first-order valence-electron chi connectivity index (χ1n) is 7.26. The maximum absolute atomic E-state index is 11.1. The second kappa shape index (κ2) is 8.20. The molecule has 0 spiro atoms. The summed E-state index contributed by atoms with van der Waals surface area (Å²) in [6.45, 7) is 7.63. The molecule has 4 radical (unpaired) electrons. The van der Waals surface area contributed by atoms with Crippen LogP contribution >= 0.6 is 14.7 Å². The number of hydrogen-bond acceptors (Lipinski definition) is 4. The Morgan fingerprint density at radius 1 is 0.909 bits per heavy atom. The molecule has 2 atom stereocenters. The van der Waals surface area contributed by atoms with Crippen molar-refractivity contribution >= 4 is 30.4 Å². The quantitative estimate of drug-likeness (QED) is 0.550. The van der Waals surface area contributed by atoms with E-state index in [1.165, 1.54) is 11.1 Å². The Bertz CT molecular complexity index is 485. The van der Waals surface area contributed by atoms with Gasteiger partial charge in [0.15, 0.2) is 14.7 Å². The van der Waals surface area contributed by atoms with E-state index in [4.69, 9.17) is 24.7 Å². The average molecular weight is 340 g/mol. The van der Waals surface area contributed by atoms with Crippen LogP contribution in [0.5, 0.6) is 0 Å². The van der Waals surface area contributed by atoms with Crippen LogP contribution in [0.1, 0.15) is 12.8 Å². The summed E-state index contributed by atoms with van der Waals surface area (Å²) in [6.07, 6.45) is 2.02. The van der Waals surface area contributed by atoms with Crippen LogP contribution in [0.15, 0.2) is 23.1 Å². The van der Waals surface area contributed by atoms with Gasteiger partial charge in [0.2, 0.25) is 0 Å². The lowest BCUT2D eigenvalue weighted by atomic mass is 10.1. The molecule has 2 aliphatic rings. The summed E-state index contributed by atoms with van der Waals surface area (Å²) in [5.41, 5.74) is 2.44. The van der Waals surface area contributed by atoms with Gasteiger partial charge in [-0.15, -0.1) is 12.0 Å². The molecule has 0 N–H and O–H groups in total. The summed E-state index contributed by atoms with van der Waals surface area (Å²) in [5.74, 6) is 4.11. The van der Waals surface area contributed by atoms with E-state index in [2.05, 4.69) is 0 Å². The monoisotopic (exact) mass is 340 g/mol. The van der Waals surface area contributed by atoms with Gasteiger partial charge in [-0.25, -0.2) is 0 Å². The molecule has 0 aliphatic heterocycles. The van der Waals surface area contributed by atoms with Gasteiger partial charge in [0.1, 0.15) is 15.7 Å². The molecule has 120 valence electrons. The van der Waals surface area contributed by atoms with E-state index in [1.807, 2.05) is 0 Å². The third-order valence-corrected chi connectivity index (χ3v) is 4.84. The Morgan fingerprint density at radius 3 is 1.41 bits per heavy atom. The predicted octanol–water partition coefficient (Wildman–Crippen LogP) is 3.23. The van der Waals surface area contributed by atoms with Crippen LogP contribution in [-0.2, 0) is 18.2 Å². The molecule has 0 bridgehead atoms.